The molecule has 0 aromatic heterocycles. The molecule has 0 bridgehead atoms. The zero-order chi connectivity index (χ0) is 15.3. The van der Waals surface area contributed by atoms with Crippen molar-refractivity contribution in [2.45, 2.75) is 18.9 Å². The molecule has 2 aliphatic rings. The average Bonchev–Trinajstić information content (AvgIpc) is 2.56. The van der Waals surface area contributed by atoms with E-state index in [2.05, 4.69) is 17.4 Å². The van der Waals surface area contributed by atoms with Gasteiger partial charge in [0, 0.05) is 17.2 Å². The minimum Gasteiger partial charge on any atom is -0.504 e. The first-order valence-electron chi connectivity index (χ1n) is 7.57. The molecule has 2 aromatic rings. The molecule has 22 heavy (non-hydrogen) atoms. The van der Waals surface area contributed by atoms with E-state index in [1.54, 1.807) is 14.2 Å². The molecule has 2 aromatic carbocycles. The van der Waals surface area contributed by atoms with Gasteiger partial charge < -0.3 is 19.9 Å². The van der Waals surface area contributed by atoms with Crippen LogP contribution in [0.15, 0.2) is 24.3 Å². The summed E-state index contributed by atoms with van der Waals surface area (Å²) in [5.74, 6) is 1.29. The van der Waals surface area contributed by atoms with Crippen molar-refractivity contribution in [1.29, 1.82) is 0 Å². The van der Waals surface area contributed by atoms with Gasteiger partial charge in [0.25, 0.3) is 0 Å². The highest BCUT2D eigenvalue weighted by atomic mass is 16.5. The van der Waals surface area contributed by atoms with Crippen LogP contribution < -0.4 is 14.8 Å². The first-order chi connectivity index (χ1) is 10.8. The predicted molar refractivity (Wildman–Crippen MR) is 84.8 cm³/mol. The van der Waals surface area contributed by atoms with E-state index in [-0.39, 0.29) is 11.8 Å². The number of methoxy groups -OCH3 is 2. The number of benzene rings is 2. The van der Waals surface area contributed by atoms with Crippen molar-refractivity contribution in [1.82, 2.24) is 5.32 Å². The Balaban J connectivity index is 2.12. The Morgan fingerprint density at radius 2 is 1.91 bits per heavy atom. The third-order valence-corrected chi connectivity index (χ3v) is 4.76. The number of aromatic hydroxyl groups is 1. The smallest absolute Gasteiger partial charge is 0.204 e. The van der Waals surface area contributed by atoms with Gasteiger partial charge in [-0.2, -0.15) is 0 Å². The van der Waals surface area contributed by atoms with Gasteiger partial charge in [0.2, 0.25) is 5.75 Å². The molecule has 1 aliphatic heterocycles. The Morgan fingerprint density at radius 1 is 1.14 bits per heavy atom. The number of hydrogen-bond acceptors (Lipinski definition) is 4. The van der Waals surface area contributed by atoms with Crippen molar-refractivity contribution in [3.63, 3.8) is 0 Å². The number of phenolic OH excluding ortho intramolecular Hbond substituents is 1. The number of fused-ring (bicyclic) bond motifs is 2. The van der Waals surface area contributed by atoms with E-state index >= 15 is 0 Å². The van der Waals surface area contributed by atoms with Crippen LogP contribution in [0, 0.1) is 0 Å². The Kier molecular flexibility index (Phi) is 3.01. The fourth-order valence-corrected chi connectivity index (χ4v) is 3.88. The molecule has 2 N–H and O–H groups in total. The number of nitrogens with one attached hydrogen (secondary N) is 1. The van der Waals surface area contributed by atoms with Crippen LogP contribution in [-0.4, -0.2) is 25.9 Å². The molecule has 0 amide bonds. The summed E-state index contributed by atoms with van der Waals surface area (Å²) in [5, 5.41) is 14.4. The SMILES string of the molecule is COc1c(O)c2c3c(c1OC)CCN[C@H]3Cc1ccccc1-2. The van der Waals surface area contributed by atoms with Crippen LogP contribution in [0.5, 0.6) is 17.2 Å². The Hall–Kier alpha value is -2.20. The fraction of sp³-hybridized carbons (Fsp3) is 0.333. The van der Waals surface area contributed by atoms with Crippen molar-refractivity contribution < 1.29 is 14.6 Å². The molecule has 4 heteroatoms. The average molecular weight is 297 g/mol. The second-order valence-electron chi connectivity index (χ2n) is 5.80. The van der Waals surface area contributed by atoms with Gasteiger partial charge in [-0.15, -0.1) is 0 Å². The largest absolute Gasteiger partial charge is 0.504 e. The van der Waals surface area contributed by atoms with E-state index in [1.165, 1.54) is 11.1 Å². The topological polar surface area (TPSA) is 50.7 Å². The molecule has 1 atom stereocenters. The highest BCUT2D eigenvalue weighted by Gasteiger charge is 2.36. The molecular formula is C18H19NO3. The van der Waals surface area contributed by atoms with Crippen molar-refractivity contribution in [3.8, 4) is 28.4 Å². The number of rotatable bonds is 2. The normalized spacial score (nSPS) is 18.4. The van der Waals surface area contributed by atoms with Gasteiger partial charge in [-0.3, -0.25) is 0 Å². The van der Waals surface area contributed by atoms with Crippen molar-refractivity contribution in [3.05, 3.63) is 41.0 Å². The molecule has 114 valence electrons. The van der Waals surface area contributed by atoms with E-state index in [0.717, 1.165) is 36.1 Å². The van der Waals surface area contributed by atoms with Gasteiger partial charge >= 0.3 is 0 Å². The quantitative estimate of drug-likeness (QED) is 0.895. The lowest BCUT2D eigenvalue weighted by atomic mass is 9.77. The number of ether oxygens (including phenoxy) is 2. The first kappa shape index (κ1) is 13.5. The highest BCUT2D eigenvalue weighted by Crippen LogP contribution is 2.54. The third-order valence-electron chi connectivity index (χ3n) is 4.76. The van der Waals surface area contributed by atoms with Crippen LogP contribution in [0.4, 0.5) is 0 Å². The van der Waals surface area contributed by atoms with Crippen LogP contribution in [0.25, 0.3) is 11.1 Å². The molecule has 1 aliphatic carbocycles. The van der Waals surface area contributed by atoms with Crippen molar-refractivity contribution >= 4 is 0 Å². The second-order valence-corrected chi connectivity index (χ2v) is 5.80. The summed E-state index contributed by atoms with van der Waals surface area (Å²) < 4.78 is 11.0. The van der Waals surface area contributed by atoms with E-state index in [9.17, 15) is 5.11 Å². The van der Waals surface area contributed by atoms with Crippen LogP contribution in [-0.2, 0) is 12.8 Å². The summed E-state index contributed by atoms with van der Waals surface area (Å²) in [4.78, 5) is 0. The summed E-state index contributed by atoms with van der Waals surface area (Å²) in [6, 6.07) is 8.48. The monoisotopic (exact) mass is 297 g/mol. The molecule has 4 rings (SSSR count). The maximum Gasteiger partial charge on any atom is 0.204 e. The molecule has 0 radical (unpaired) electrons. The van der Waals surface area contributed by atoms with Crippen LogP contribution in [0.2, 0.25) is 0 Å². The molecule has 0 fully saturated rings. The van der Waals surface area contributed by atoms with Gasteiger partial charge in [-0.05, 0) is 36.1 Å². The van der Waals surface area contributed by atoms with Gasteiger partial charge in [0.05, 0.1) is 14.2 Å². The molecule has 4 nitrogen and oxygen atoms in total. The van der Waals surface area contributed by atoms with Gasteiger partial charge in [0.15, 0.2) is 11.5 Å². The van der Waals surface area contributed by atoms with E-state index in [1.807, 2.05) is 12.1 Å². The summed E-state index contributed by atoms with van der Waals surface area (Å²) in [6.45, 7) is 0.906. The highest BCUT2D eigenvalue weighted by molar-refractivity contribution is 5.85. The van der Waals surface area contributed by atoms with Gasteiger partial charge in [0.1, 0.15) is 0 Å². The number of hydrogen-bond donors (Lipinski definition) is 2. The minimum atomic E-state index is 0.180. The maximum atomic E-state index is 10.8. The number of phenols is 1. The van der Waals surface area contributed by atoms with Crippen LogP contribution in [0.1, 0.15) is 22.7 Å². The van der Waals surface area contributed by atoms with E-state index < -0.39 is 0 Å². The summed E-state index contributed by atoms with van der Waals surface area (Å²) in [7, 11) is 3.21. The van der Waals surface area contributed by atoms with Crippen LogP contribution in [0.3, 0.4) is 0 Å². The molecule has 0 saturated heterocycles. The fourth-order valence-electron chi connectivity index (χ4n) is 3.88. The third kappa shape index (κ3) is 1.67. The lowest BCUT2D eigenvalue weighted by molar-refractivity contribution is 0.326. The first-order valence-corrected chi connectivity index (χ1v) is 7.57. The summed E-state index contributed by atoms with van der Waals surface area (Å²) >= 11 is 0. The van der Waals surface area contributed by atoms with E-state index in [0.29, 0.717) is 11.5 Å². The van der Waals surface area contributed by atoms with Crippen molar-refractivity contribution in [2.75, 3.05) is 20.8 Å². The predicted octanol–water partition coefficient (Wildman–Crippen LogP) is 2.82. The summed E-state index contributed by atoms with van der Waals surface area (Å²) in [5.41, 5.74) is 5.57. The lowest BCUT2D eigenvalue weighted by Crippen LogP contribution is -2.34. The maximum absolute atomic E-state index is 10.8. The van der Waals surface area contributed by atoms with Gasteiger partial charge in [-0.1, -0.05) is 24.3 Å². The lowest BCUT2D eigenvalue weighted by Gasteiger charge is -2.36. The molecule has 0 unspecified atom stereocenters. The van der Waals surface area contributed by atoms with Crippen molar-refractivity contribution in [2.24, 2.45) is 0 Å². The minimum absolute atomic E-state index is 0.180. The molecule has 0 saturated carbocycles. The van der Waals surface area contributed by atoms with Gasteiger partial charge in [-0.25, -0.2) is 0 Å². The van der Waals surface area contributed by atoms with Crippen LogP contribution >= 0.6 is 0 Å². The summed E-state index contributed by atoms with van der Waals surface area (Å²) in [6.07, 6.45) is 1.81. The standard InChI is InChI=1S/C18H19NO3/c1-21-17-12-7-8-19-13-9-10-5-3-4-6-11(10)15(14(12)13)16(20)18(17)22-2/h3-6,13,19-20H,7-9H2,1-2H3/t13-/m0/s1. The molecule has 1 heterocycles. The Bertz CT molecular complexity index is 754. The Labute approximate surface area is 129 Å². The molecule has 0 spiro atoms. The zero-order valence-corrected chi connectivity index (χ0v) is 12.8. The second kappa shape index (κ2) is 4.92. The van der Waals surface area contributed by atoms with E-state index in [4.69, 9.17) is 9.47 Å². The Morgan fingerprint density at radius 3 is 2.68 bits per heavy atom. The molecular weight excluding hydrogens is 278 g/mol. The zero-order valence-electron chi connectivity index (χ0n) is 12.8.